The molecule has 2 aromatic rings. The Morgan fingerprint density at radius 2 is 1.89 bits per heavy atom. The van der Waals surface area contributed by atoms with Crippen LogP contribution >= 0.6 is 11.6 Å². The molecule has 100 valence electrons. The fourth-order valence-electron chi connectivity index (χ4n) is 1.49. The van der Waals surface area contributed by atoms with Gasteiger partial charge in [-0.05, 0) is 24.3 Å². The molecule has 6 heteroatoms. The first-order valence-electron chi connectivity index (χ1n) is 5.52. The van der Waals surface area contributed by atoms with E-state index in [1.54, 1.807) is 19.2 Å². The number of nitrogens with one attached hydrogen (secondary N) is 1. The molecule has 0 amide bonds. The highest BCUT2D eigenvalue weighted by Crippen LogP contribution is 2.23. The lowest BCUT2D eigenvalue weighted by Gasteiger charge is -2.10. The normalized spacial score (nSPS) is 10.3. The number of pyridine rings is 1. The highest BCUT2D eigenvalue weighted by atomic mass is 35.5. The van der Waals surface area contributed by atoms with E-state index < -0.39 is 17.4 Å². The average molecular weight is 285 g/mol. The first kappa shape index (κ1) is 13.5. The van der Waals surface area contributed by atoms with Gasteiger partial charge >= 0.3 is 0 Å². The number of aromatic nitrogens is 1. The maximum Gasteiger partial charge on any atom is 0.191 e. The maximum absolute atomic E-state index is 13.4. The van der Waals surface area contributed by atoms with Gasteiger partial charge in [0.05, 0.1) is 10.7 Å². The van der Waals surface area contributed by atoms with Gasteiger partial charge in [0.1, 0.15) is 12.4 Å². The molecule has 1 N–H and O–H groups in total. The van der Waals surface area contributed by atoms with Gasteiger partial charge in [0.25, 0.3) is 0 Å². The molecule has 0 unspecified atom stereocenters. The van der Waals surface area contributed by atoms with Crippen LogP contribution in [0.4, 0.5) is 14.6 Å². The van der Waals surface area contributed by atoms with Gasteiger partial charge < -0.3 is 10.1 Å². The highest BCUT2D eigenvalue weighted by molar-refractivity contribution is 6.31. The molecular formula is C13H11ClF2N2O. The number of halogens is 3. The van der Waals surface area contributed by atoms with E-state index in [0.717, 1.165) is 12.1 Å². The van der Waals surface area contributed by atoms with Crippen LogP contribution in [0.2, 0.25) is 5.02 Å². The number of hydrogen-bond donors (Lipinski definition) is 1. The van der Waals surface area contributed by atoms with Gasteiger partial charge in [0, 0.05) is 7.05 Å². The van der Waals surface area contributed by atoms with Crippen molar-refractivity contribution in [2.24, 2.45) is 0 Å². The molecule has 1 heterocycles. The Hall–Kier alpha value is -1.88. The Morgan fingerprint density at radius 3 is 2.53 bits per heavy atom. The predicted molar refractivity (Wildman–Crippen MR) is 69.5 cm³/mol. The predicted octanol–water partition coefficient (Wildman–Crippen LogP) is 3.63. The lowest BCUT2D eigenvalue weighted by Crippen LogP contribution is -2.04. The van der Waals surface area contributed by atoms with E-state index in [4.69, 9.17) is 16.3 Å². The van der Waals surface area contributed by atoms with Crippen LogP contribution in [0, 0.1) is 11.6 Å². The van der Waals surface area contributed by atoms with E-state index in [2.05, 4.69) is 10.3 Å². The second-order valence-corrected chi connectivity index (χ2v) is 4.12. The van der Waals surface area contributed by atoms with Crippen molar-refractivity contribution in [2.75, 3.05) is 12.4 Å². The van der Waals surface area contributed by atoms with Crippen LogP contribution in [0.3, 0.4) is 0 Å². The zero-order valence-electron chi connectivity index (χ0n) is 10.1. The van der Waals surface area contributed by atoms with E-state index >= 15 is 0 Å². The minimum atomic E-state index is -0.763. The Morgan fingerprint density at radius 1 is 1.21 bits per heavy atom. The van der Waals surface area contributed by atoms with Gasteiger partial charge in [-0.2, -0.15) is 0 Å². The third kappa shape index (κ3) is 3.12. The van der Waals surface area contributed by atoms with E-state index in [0.29, 0.717) is 16.5 Å². The molecule has 0 aliphatic heterocycles. The molecule has 0 spiro atoms. The van der Waals surface area contributed by atoms with Crippen molar-refractivity contribution in [3.05, 3.63) is 52.7 Å². The molecular weight excluding hydrogens is 274 g/mol. The summed E-state index contributed by atoms with van der Waals surface area (Å²) in [4.78, 5) is 4.15. The third-order valence-electron chi connectivity index (χ3n) is 2.45. The molecule has 0 saturated heterocycles. The molecule has 1 aromatic heterocycles. The number of anilines is 1. The summed E-state index contributed by atoms with van der Waals surface area (Å²) in [6, 6.07) is 6.84. The highest BCUT2D eigenvalue weighted by Gasteiger charge is 2.11. The van der Waals surface area contributed by atoms with Crippen molar-refractivity contribution in [2.45, 2.75) is 6.61 Å². The van der Waals surface area contributed by atoms with Crippen molar-refractivity contribution in [3.63, 3.8) is 0 Å². The van der Waals surface area contributed by atoms with Crippen LogP contribution in [-0.2, 0) is 6.61 Å². The minimum Gasteiger partial charge on any atom is -0.481 e. The number of nitrogens with zero attached hydrogens (tertiary/aromatic N) is 1. The minimum absolute atomic E-state index is 0.119. The number of hydrogen-bond acceptors (Lipinski definition) is 3. The summed E-state index contributed by atoms with van der Waals surface area (Å²) in [5.41, 5.74) is 0.399. The second kappa shape index (κ2) is 5.84. The molecule has 1 aromatic carbocycles. The molecule has 0 aliphatic rings. The summed E-state index contributed by atoms with van der Waals surface area (Å²) in [6.45, 7) is -0.119. The smallest absolute Gasteiger partial charge is 0.191 e. The molecule has 0 saturated carbocycles. The number of rotatable bonds is 4. The fraction of sp³-hybridized carbons (Fsp3) is 0.154. The summed E-state index contributed by atoms with van der Waals surface area (Å²) in [5.74, 6) is -1.37. The summed E-state index contributed by atoms with van der Waals surface area (Å²) in [7, 11) is 1.71. The van der Waals surface area contributed by atoms with Crippen LogP contribution < -0.4 is 10.1 Å². The topological polar surface area (TPSA) is 34.1 Å². The van der Waals surface area contributed by atoms with Gasteiger partial charge in [-0.25, -0.2) is 13.8 Å². The van der Waals surface area contributed by atoms with Gasteiger partial charge in [-0.3, -0.25) is 0 Å². The van der Waals surface area contributed by atoms with Crippen molar-refractivity contribution in [1.82, 2.24) is 4.98 Å². The molecule has 0 bridgehead atoms. The van der Waals surface area contributed by atoms with E-state index in [-0.39, 0.29) is 6.61 Å². The Bertz CT molecular complexity index is 573. The quantitative estimate of drug-likeness (QED) is 0.931. The number of ether oxygens (including phenoxy) is 1. The molecule has 2 rings (SSSR count). The first-order chi connectivity index (χ1) is 9.11. The van der Waals surface area contributed by atoms with E-state index in [1.165, 1.54) is 6.07 Å². The Balaban J connectivity index is 2.19. The summed E-state index contributed by atoms with van der Waals surface area (Å²) in [5, 5.41) is 3.21. The van der Waals surface area contributed by atoms with E-state index in [9.17, 15) is 8.78 Å². The largest absolute Gasteiger partial charge is 0.481 e. The zero-order valence-corrected chi connectivity index (χ0v) is 10.8. The second-order valence-electron chi connectivity index (χ2n) is 3.71. The molecule has 0 aliphatic carbocycles. The van der Waals surface area contributed by atoms with Gasteiger partial charge in [0.2, 0.25) is 0 Å². The Labute approximate surface area is 114 Å². The van der Waals surface area contributed by atoms with Gasteiger partial charge in [-0.15, -0.1) is 0 Å². The van der Waals surface area contributed by atoms with Crippen LogP contribution in [-0.4, -0.2) is 12.0 Å². The number of benzene rings is 1. The van der Waals surface area contributed by atoms with Crippen molar-refractivity contribution >= 4 is 17.4 Å². The van der Waals surface area contributed by atoms with Crippen molar-refractivity contribution in [3.8, 4) is 5.75 Å². The molecule has 0 atom stereocenters. The maximum atomic E-state index is 13.4. The van der Waals surface area contributed by atoms with E-state index in [1.807, 2.05) is 0 Å². The van der Waals surface area contributed by atoms with Crippen molar-refractivity contribution < 1.29 is 13.5 Å². The summed E-state index contributed by atoms with van der Waals surface area (Å²) in [6.07, 6.45) is 0. The third-order valence-corrected chi connectivity index (χ3v) is 2.79. The first-order valence-corrected chi connectivity index (χ1v) is 5.89. The standard InChI is InChI=1S/C13H11ClF2N2O/c1-17-12-6-5-8(14)11(18-12)7-19-13-9(15)3-2-4-10(13)16/h2-6H,7H2,1H3,(H,17,18). The molecule has 3 nitrogen and oxygen atoms in total. The summed E-state index contributed by atoms with van der Waals surface area (Å²) >= 11 is 5.94. The average Bonchev–Trinajstić information content (AvgIpc) is 2.40. The zero-order chi connectivity index (χ0) is 13.8. The molecule has 0 radical (unpaired) electrons. The van der Waals surface area contributed by atoms with Gasteiger partial charge in [-0.1, -0.05) is 17.7 Å². The lowest BCUT2D eigenvalue weighted by atomic mass is 10.3. The molecule has 19 heavy (non-hydrogen) atoms. The summed E-state index contributed by atoms with van der Waals surface area (Å²) < 4.78 is 31.8. The van der Waals surface area contributed by atoms with Crippen molar-refractivity contribution in [1.29, 1.82) is 0 Å². The van der Waals surface area contributed by atoms with Crippen LogP contribution in [0.25, 0.3) is 0 Å². The van der Waals surface area contributed by atoms with Crippen LogP contribution in [0.1, 0.15) is 5.69 Å². The number of para-hydroxylation sites is 1. The van der Waals surface area contributed by atoms with Crippen LogP contribution in [0.15, 0.2) is 30.3 Å². The Kier molecular flexibility index (Phi) is 4.16. The van der Waals surface area contributed by atoms with Crippen LogP contribution in [0.5, 0.6) is 5.75 Å². The lowest BCUT2D eigenvalue weighted by molar-refractivity contribution is 0.270. The SMILES string of the molecule is CNc1ccc(Cl)c(COc2c(F)cccc2F)n1. The fourth-order valence-corrected chi connectivity index (χ4v) is 1.65. The monoisotopic (exact) mass is 284 g/mol. The van der Waals surface area contributed by atoms with Gasteiger partial charge in [0.15, 0.2) is 17.4 Å². The molecule has 0 fully saturated rings.